The van der Waals surface area contributed by atoms with E-state index in [2.05, 4.69) is 62.2 Å². The summed E-state index contributed by atoms with van der Waals surface area (Å²) in [5, 5.41) is 9.26. The van der Waals surface area contributed by atoms with Crippen molar-refractivity contribution in [2.75, 3.05) is 126 Å². The van der Waals surface area contributed by atoms with E-state index < -0.39 is 74.7 Å². The lowest BCUT2D eigenvalue weighted by Crippen LogP contribution is -2.50. The van der Waals surface area contributed by atoms with Crippen molar-refractivity contribution in [1.82, 2.24) is 24.0 Å². The van der Waals surface area contributed by atoms with Crippen molar-refractivity contribution < 1.29 is 103 Å². The van der Waals surface area contributed by atoms with E-state index in [1.807, 2.05) is 86.6 Å². The number of benzene rings is 9. The zero-order chi connectivity index (χ0) is 85.9. The van der Waals surface area contributed by atoms with E-state index in [9.17, 15) is 64.0 Å². The number of oxazole rings is 1. The quantitative estimate of drug-likeness (QED) is 0.0383. The number of carbonyl (C=O) groups is 4. The first-order valence-electron chi connectivity index (χ1n) is 38.8. The zero-order valence-electron chi connectivity index (χ0n) is 69.2. The fraction of sp³-hybridized carbons (Fsp3) is 0.315. The van der Waals surface area contributed by atoms with Crippen LogP contribution in [0.1, 0.15) is 104 Å². The number of nitrogens with two attached hydrogens (primary N) is 1. The smallest absolute Gasteiger partial charge is 0.417 e. The highest BCUT2D eigenvalue weighted by Gasteiger charge is 2.60. The molecule has 3 fully saturated rings. The molecule has 660 valence electrons. The van der Waals surface area contributed by atoms with E-state index in [4.69, 9.17) is 24.4 Å². The Morgan fingerprint density at radius 2 is 1.23 bits per heavy atom. The van der Waals surface area contributed by atoms with E-state index in [1.54, 1.807) is 92.6 Å². The summed E-state index contributed by atoms with van der Waals surface area (Å²) in [7, 11) is 4.72. The third kappa shape index (κ3) is 22.3. The van der Waals surface area contributed by atoms with Gasteiger partial charge in [-0.3, -0.25) is 19.2 Å². The van der Waals surface area contributed by atoms with Crippen LogP contribution in [0, 0.1) is 48.5 Å². The Hall–Kier alpha value is -11.5. The van der Waals surface area contributed by atoms with Crippen molar-refractivity contribution in [3.63, 3.8) is 0 Å². The number of nitrogens with zero attached hydrogens (tertiary/aromatic N) is 10. The van der Waals surface area contributed by atoms with Crippen LogP contribution in [-0.2, 0) is 28.6 Å². The number of thioether (sulfide) groups is 1. The van der Waals surface area contributed by atoms with Crippen LogP contribution in [0.15, 0.2) is 190 Å². The summed E-state index contributed by atoms with van der Waals surface area (Å²) in [4.78, 5) is 68.6. The maximum atomic E-state index is 14.5. The van der Waals surface area contributed by atoms with Crippen molar-refractivity contribution in [3.05, 3.63) is 249 Å². The van der Waals surface area contributed by atoms with Gasteiger partial charge in [-0.15, -0.1) is 11.8 Å². The summed E-state index contributed by atoms with van der Waals surface area (Å²) in [5.41, 5.74) is 12.2. The summed E-state index contributed by atoms with van der Waals surface area (Å²) in [6, 6.07) is 48.3. The average Bonchev–Trinajstić information content (AvgIpc) is 1.54. The van der Waals surface area contributed by atoms with E-state index in [-0.39, 0.29) is 66.1 Å². The molecule has 9 aromatic carbocycles. The Balaban J connectivity index is 0.000000207. The third-order valence-electron chi connectivity index (χ3n) is 21.0. The van der Waals surface area contributed by atoms with Gasteiger partial charge in [0.05, 0.1) is 89.3 Å². The monoisotopic (exact) mass is 1780 g/mol. The molecule has 6 heterocycles. The number of aryl methyl sites for hydroxylation is 2. The summed E-state index contributed by atoms with van der Waals surface area (Å²) in [6.07, 6.45) is -5.05. The minimum absolute atomic E-state index is 0. The van der Waals surface area contributed by atoms with Gasteiger partial charge >= 0.3 is 12.4 Å². The van der Waals surface area contributed by atoms with Gasteiger partial charge < -0.3 is 75.7 Å². The first kappa shape index (κ1) is 98.0. The Morgan fingerprint density at radius 3 is 1.78 bits per heavy atom. The van der Waals surface area contributed by atoms with Crippen LogP contribution in [0.2, 0.25) is 0 Å². The molecule has 0 radical (unpaired) electrons. The molecule has 0 aliphatic carbocycles. The first-order chi connectivity index (χ1) is 57.4. The number of halogens is 9. The van der Waals surface area contributed by atoms with Crippen LogP contribution in [0.4, 0.5) is 62.3 Å². The molecule has 10 aromatic rings. The molecular weight excluding hydrogens is 1680 g/mol. The molecule has 23 nitrogen and oxygen atoms in total. The molecule has 2 atom stereocenters. The molecule has 3 saturated heterocycles. The Morgan fingerprint density at radius 1 is 0.645 bits per heavy atom. The number of ether oxygens (including phenoxy) is 3. The van der Waals surface area contributed by atoms with Crippen LogP contribution < -0.4 is 34.6 Å². The van der Waals surface area contributed by atoms with Gasteiger partial charge in [-0.05, 0) is 194 Å². The van der Waals surface area contributed by atoms with Crippen LogP contribution in [-0.4, -0.2) is 185 Å². The highest BCUT2D eigenvalue weighted by molar-refractivity contribution is 8.01. The number of methoxy groups -OCH3 is 3. The molecule has 0 bridgehead atoms. The fourth-order valence-electron chi connectivity index (χ4n) is 14.7. The predicted octanol–water partition coefficient (Wildman–Crippen LogP) is 15.2. The van der Waals surface area contributed by atoms with Gasteiger partial charge in [-0.2, -0.15) is 35.6 Å². The minimum atomic E-state index is -4.82. The van der Waals surface area contributed by atoms with Gasteiger partial charge in [0, 0.05) is 112 Å². The first-order valence-corrected chi connectivity index (χ1v) is 41.3. The van der Waals surface area contributed by atoms with Gasteiger partial charge in [-0.1, -0.05) is 51.1 Å². The minimum Gasteiger partial charge on any atom is -0.497 e. The maximum Gasteiger partial charge on any atom is 0.417 e. The normalized spacial score (nSPS) is 16.0. The highest BCUT2D eigenvalue weighted by Crippen LogP contribution is 2.56. The average molecular weight is 1780 g/mol. The number of carbonyl (C=O) groups excluding carboxylic acids is 4. The molecule has 1 aromatic heterocycles. The van der Waals surface area contributed by atoms with Gasteiger partial charge in [0.25, 0.3) is 23.6 Å². The van der Waals surface area contributed by atoms with Crippen molar-refractivity contribution in [3.8, 4) is 34.8 Å². The molecule has 2 unspecified atom stereocenters. The van der Waals surface area contributed by atoms with E-state index in [0.717, 1.165) is 105 Å². The number of rotatable bonds is 17. The lowest BCUT2D eigenvalue weighted by molar-refractivity contribution is -0.352. The standard InChI is InChI=1S/C26H20FN3O3S.C25H28F4N3O2S.C23H27F4N3O2S.C15H14N2O.4H2O/c1-33-19-9-10-23-21(14-19)26(25(32)29(23)16-18-6-4-5-17(13-18)15-28)30(11-12-34-26)24(31)20-7-2-3-8-22(20)27;1-17-4-3-9-32(16-17)35-19-6-8-23(34-2)22(15-19)30-10-12-31(13-11-30)24(33)20-7-5-18(26)14-21(20)25(27,28)29;1-4-30(5-2)33-17-7-9-21(32-3)20(15-17)28-10-12-29(13-11-28)22(31)18-8-6-16(24)14-19(18)23(25,26)27;1-9-3-6-14-13(7-9)17-15(18-14)11-4-5-12(16)10(2)8-11;;;;/h2-10,13-14H,11-12,16H2,1H3;5-8,14-17H,3-4,9-13H2,1-2H3;6-9,14-15H,4-5,10-13H2,1-3H3;3-8H,16H2,1-2H3;4*1H2/q;+1;;;;;;. The molecule has 124 heavy (non-hydrogen) atoms. The SMILES string of the molecule is CCN(CC)Sc1ccc(OC)c(N2CCN(C(=O)c3ccc(F)cc3C(F)(F)F)CC2)c1.COc1ccc(S[N+]2=CC(C)CCC2)cc1N1CCN(C(=O)c2ccc(F)cc2C(F)(F)F)CC1.COc1ccc2c(c1)C1(SCCN1C(=O)c1ccccc1F)C(=O)N2Cc1cccc(C#N)c1.Cc1ccc2oc(-c3ccc(N)c(C)c3)nc2c1.O.O.O.O. The number of piperazine rings is 2. The number of nitrogen functional groups attached to an aromatic ring is 1. The molecule has 35 heteroatoms. The summed E-state index contributed by atoms with van der Waals surface area (Å²) in [6.45, 7) is 16.4. The van der Waals surface area contributed by atoms with Crippen LogP contribution in [0.3, 0.4) is 0 Å². The largest absolute Gasteiger partial charge is 0.497 e. The molecule has 5 aliphatic rings. The zero-order valence-corrected chi connectivity index (χ0v) is 71.6. The molecular formula is C89H97F9N11O12S3+. The topological polar surface area (TPSA) is 324 Å². The lowest BCUT2D eigenvalue weighted by Gasteiger charge is -2.37. The number of anilines is 4. The third-order valence-corrected chi connectivity index (χ3v) is 24.6. The molecule has 15 rings (SSSR count). The predicted molar refractivity (Wildman–Crippen MR) is 464 cm³/mol. The Labute approximate surface area is 724 Å². The Kier molecular flexibility index (Phi) is 33.8. The van der Waals surface area contributed by atoms with E-state index in [0.29, 0.717) is 96.5 Å². The van der Waals surface area contributed by atoms with Gasteiger partial charge in [-0.25, -0.2) is 22.5 Å². The number of fused-ring (bicyclic) bond motifs is 3. The number of aromatic nitrogens is 1. The summed E-state index contributed by atoms with van der Waals surface area (Å²) in [5.74, 6) is -1.33. The second kappa shape index (κ2) is 42.7. The summed E-state index contributed by atoms with van der Waals surface area (Å²) < 4.78 is 148. The maximum absolute atomic E-state index is 14.5. The van der Waals surface area contributed by atoms with Crippen LogP contribution >= 0.6 is 35.7 Å². The fourth-order valence-corrected chi connectivity index (χ4v) is 18.1. The van der Waals surface area contributed by atoms with Gasteiger partial charge in [0.1, 0.15) is 40.2 Å². The number of nitriles is 1. The second-order valence-electron chi connectivity index (χ2n) is 28.9. The summed E-state index contributed by atoms with van der Waals surface area (Å²) >= 11 is 4.68. The molecule has 10 N–H and O–H groups in total. The molecule has 1 spiro atoms. The van der Waals surface area contributed by atoms with E-state index >= 15 is 0 Å². The second-order valence-corrected chi connectivity index (χ2v) is 32.5. The van der Waals surface area contributed by atoms with Gasteiger partial charge in [0.2, 0.25) is 5.89 Å². The van der Waals surface area contributed by atoms with Crippen LogP contribution in [0.25, 0.3) is 22.6 Å². The van der Waals surface area contributed by atoms with Gasteiger partial charge in [0.15, 0.2) is 35.2 Å². The lowest BCUT2D eigenvalue weighted by atomic mass is 10.0. The number of hydrogen-bond acceptors (Lipinski definition) is 17. The van der Waals surface area contributed by atoms with Crippen molar-refractivity contribution in [2.45, 2.75) is 81.0 Å². The van der Waals surface area contributed by atoms with Crippen molar-refractivity contribution in [1.29, 1.82) is 5.26 Å². The molecule has 4 amide bonds. The molecule has 5 aliphatic heterocycles. The Bertz CT molecular complexity index is 5510. The van der Waals surface area contributed by atoms with Crippen LogP contribution in [0.5, 0.6) is 17.2 Å². The van der Waals surface area contributed by atoms with Crippen molar-refractivity contribution in [2.24, 2.45) is 5.92 Å². The molecule has 0 saturated carbocycles. The number of alkyl halides is 6. The number of hydrogen-bond donors (Lipinski definition) is 1. The number of amides is 4. The highest BCUT2D eigenvalue weighted by atomic mass is 32.2. The van der Waals surface area contributed by atoms with E-state index in [1.165, 1.54) is 56.6 Å². The van der Waals surface area contributed by atoms with Crippen molar-refractivity contribution >= 4 is 99.4 Å².